The van der Waals surface area contributed by atoms with Crippen molar-refractivity contribution in [1.82, 2.24) is 0 Å². The van der Waals surface area contributed by atoms with E-state index in [0.717, 1.165) is 12.8 Å². The van der Waals surface area contributed by atoms with E-state index in [9.17, 15) is 4.79 Å². The molecule has 0 N–H and O–H groups in total. The van der Waals surface area contributed by atoms with E-state index in [1.54, 1.807) is 6.92 Å². The van der Waals surface area contributed by atoms with Crippen molar-refractivity contribution in [2.45, 2.75) is 47.5 Å². The number of hydrogen-bond acceptors (Lipinski definition) is 2. The molecule has 0 aliphatic rings. The fraction of sp³-hybridized carbons (Fsp3) is 0.667. The predicted molar refractivity (Wildman–Crippen MR) is 60.2 cm³/mol. The first-order valence-corrected chi connectivity index (χ1v) is 4.79. The lowest BCUT2D eigenvalue weighted by Crippen LogP contribution is -2.20. The molecule has 0 aromatic rings. The first-order valence-electron chi connectivity index (χ1n) is 4.79. The van der Waals surface area contributed by atoms with Gasteiger partial charge in [0.05, 0.1) is 0 Å². The minimum absolute atomic E-state index is 0.147. The van der Waals surface area contributed by atoms with Gasteiger partial charge >= 0.3 is 0 Å². The van der Waals surface area contributed by atoms with Crippen LogP contribution in [0.1, 0.15) is 47.5 Å². The third-order valence-electron chi connectivity index (χ3n) is 2.27. The van der Waals surface area contributed by atoms with Crippen LogP contribution in [-0.4, -0.2) is 12.6 Å². The van der Waals surface area contributed by atoms with E-state index in [-0.39, 0.29) is 11.2 Å². The second-order valence-electron chi connectivity index (χ2n) is 4.26. The van der Waals surface area contributed by atoms with Crippen molar-refractivity contribution in [3.05, 3.63) is 11.6 Å². The molecule has 0 saturated carbocycles. The molecule has 0 heterocycles. The lowest BCUT2D eigenvalue weighted by molar-refractivity contribution is -0.125. The molecule has 0 aromatic heterocycles. The van der Waals surface area contributed by atoms with Gasteiger partial charge in [0.15, 0.2) is 0 Å². The summed E-state index contributed by atoms with van der Waals surface area (Å²) in [6.07, 6.45) is 4.15. The van der Waals surface area contributed by atoms with Gasteiger partial charge in [-0.25, -0.2) is 0 Å². The second-order valence-corrected chi connectivity index (χ2v) is 4.26. The van der Waals surface area contributed by atoms with E-state index in [1.165, 1.54) is 5.57 Å². The summed E-state index contributed by atoms with van der Waals surface area (Å²) in [5.74, 6) is 0.282. The zero-order valence-corrected chi connectivity index (χ0v) is 10.0. The van der Waals surface area contributed by atoms with Crippen molar-refractivity contribution in [2.75, 3.05) is 0 Å². The maximum Gasteiger partial charge on any atom is 0.135 e. The SMILES string of the molecule is C=O.CC(=O)C(C)(C)CCC=C(C)C. The van der Waals surface area contributed by atoms with Crippen molar-refractivity contribution in [1.29, 1.82) is 0 Å². The normalized spacial score (nSPS) is 9.79. The summed E-state index contributed by atoms with van der Waals surface area (Å²) in [6, 6.07) is 0. The number of carbonyl (C=O) groups excluding carboxylic acids is 2. The lowest BCUT2D eigenvalue weighted by Gasteiger charge is -2.19. The highest BCUT2D eigenvalue weighted by atomic mass is 16.1. The third-order valence-corrected chi connectivity index (χ3v) is 2.27. The van der Waals surface area contributed by atoms with Gasteiger partial charge in [-0.05, 0) is 33.6 Å². The molecule has 0 atom stereocenters. The van der Waals surface area contributed by atoms with Crippen LogP contribution in [0, 0.1) is 5.41 Å². The average Bonchev–Trinajstić information content (AvgIpc) is 2.06. The Morgan fingerprint density at radius 2 is 1.64 bits per heavy atom. The molecule has 14 heavy (non-hydrogen) atoms. The van der Waals surface area contributed by atoms with Gasteiger partial charge in [0.25, 0.3) is 0 Å². The fourth-order valence-electron chi connectivity index (χ4n) is 0.898. The zero-order chi connectivity index (χ0) is 11.8. The molecule has 82 valence electrons. The number of hydrogen-bond donors (Lipinski definition) is 0. The van der Waals surface area contributed by atoms with Gasteiger partial charge in [-0.15, -0.1) is 0 Å². The molecule has 0 aliphatic carbocycles. The van der Waals surface area contributed by atoms with Crippen molar-refractivity contribution < 1.29 is 9.59 Å². The van der Waals surface area contributed by atoms with Gasteiger partial charge in [-0.1, -0.05) is 25.5 Å². The van der Waals surface area contributed by atoms with E-state index < -0.39 is 0 Å². The van der Waals surface area contributed by atoms with E-state index in [1.807, 2.05) is 20.6 Å². The average molecular weight is 198 g/mol. The van der Waals surface area contributed by atoms with Crippen LogP contribution in [0.15, 0.2) is 11.6 Å². The monoisotopic (exact) mass is 198 g/mol. The second kappa shape index (κ2) is 7.48. The Labute approximate surface area is 87.4 Å². The maximum atomic E-state index is 11.1. The van der Waals surface area contributed by atoms with Crippen LogP contribution in [0.3, 0.4) is 0 Å². The number of allylic oxidation sites excluding steroid dienone is 2. The van der Waals surface area contributed by atoms with E-state index in [4.69, 9.17) is 4.79 Å². The molecule has 0 spiro atoms. The van der Waals surface area contributed by atoms with Crippen LogP contribution in [0.2, 0.25) is 0 Å². The minimum atomic E-state index is -0.147. The molecular formula is C12H22O2. The molecule has 0 aromatic carbocycles. The molecule has 0 aliphatic heterocycles. The van der Waals surface area contributed by atoms with Crippen molar-refractivity contribution in [3.8, 4) is 0 Å². The Morgan fingerprint density at radius 3 is 1.93 bits per heavy atom. The van der Waals surface area contributed by atoms with Crippen LogP contribution in [0.25, 0.3) is 0 Å². The Balaban J connectivity index is 0. The molecule has 0 amide bonds. The smallest absolute Gasteiger partial charge is 0.135 e. The van der Waals surface area contributed by atoms with Crippen LogP contribution < -0.4 is 0 Å². The molecule has 2 nitrogen and oxygen atoms in total. The van der Waals surface area contributed by atoms with Gasteiger partial charge < -0.3 is 4.79 Å². The standard InChI is InChI=1S/C11H20O.CH2O/c1-9(2)7-6-8-11(4,5)10(3)12;1-2/h7H,6,8H2,1-5H3;1H2. The Morgan fingerprint density at radius 1 is 1.21 bits per heavy atom. The largest absolute Gasteiger partial charge is 0.307 e. The first-order chi connectivity index (χ1) is 6.36. The van der Waals surface area contributed by atoms with E-state index in [0.29, 0.717) is 0 Å². The zero-order valence-electron chi connectivity index (χ0n) is 10.0. The topological polar surface area (TPSA) is 34.1 Å². The molecular weight excluding hydrogens is 176 g/mol. The predicted octanol–water partition coefficient (Wildman–Crippen LogP) is 3.16. The highest BCUT2D eigenvalue weighted by molar-refractivity contribution is 5.81. The molecule has 0 fully saturated rings. The number of carbonyl (C=O) groups is 2. The van der Waals surface area contributed by atoms with Crippen molar-refractivity contribution in [2.24, 2.45) is 5.41 Å². The first kappa shape index (κ1) is 15.5. The van der Waals surface area contributed by atoms with Gasteiger partial charge in [0, 0.05) is 5.41 Å². The maximum absolute atomic E-state index is 11.1. The van der Waals surface area contributed by atoms with Crippen LogP contribution >= 0.6 is 0 Å². The summed E-state index contributed by atoms with van der Waals surface area (Å²) < 4.78 is 0. The Hall–Kier alpha value is -0.920. The summed E-state index contributed by atoms with van der Waals surface area (Å²) in [4.78, 5) is 19.1. The van der Waals surface area contributed by atoms with Gasteiger partial charge in [-0.3, -0.25) is 4.79 Å². The summed E-state index contributed by atoms with van der Waals surface area (Å²) in [7, 11) is 0. The fourth-order valence-corrected chi connectivity index (χ4v) is 0.898. The molecule has 0 bridgehead atoms. The lowest BCUT2D eigenvalue weighted by atomic mass is 9.84. The highest BCUT2D eigenvalue weighted by Crippen LogP contribution is 2.23. The van der Waals surface area contributed by atoms with E-state index >= 15 is 0 Å². The third kappa shape index (κ3) is 7.71. The number of rotatable bonds is 4. The van der Waals surface area contributed by atoms with Crippen molar-refractivity contribution >= 4 is 12.6 Å². The summed E-state index contributed by atoms with van der Waals surface area (Å²) in [5.41, 5.74) is 1.18. The Bertz CT molecular complexity index is 198. The number of Topliss-reactive ketones (excluding diaryl/α,β-unsaturated/α-hetero) is 1. The van der Waals surface area contributed by atoms with Gasteiger partial charge in [0.1, 0.15) is 12.6 Å². The van der Waals surface area contributed by atoms with Crippen LogP contribution in [0.5, 0.6) is 0 Å². The summed E-state index contributed by atoms with van der Waals surface area (Å²) in [5, 5.41) is 0. The van der Waals surface area contributed by atoms with Crippen LogP contribution in [0.4, 0.5) is 0 Å². The van der Waals surface area contributed by atoms with Crippen LogP contribution in [-0.2, 0) is 9.59 Å². The Kier molecular flexibility index (Phi) is 8.31. The quantitative estimate of drug-likeness (QED) is 0.650. The summed E-state index contributed by atoms with van der Waals surface area (Å²) in [6.45, 7) is 11.9. The molecule has 0 saturated heterocycles. The van der Waals surface area contributed by atoms with Crippen molar-refractivity contribution in [3.63, 3.8) is 0 Å². The molecule has 2 heteroatoms. The molecule has 0 rings (SSSR count). The van der Waals surface area contributed by atoms with Gasteiger partial charge in [0.2, 0.25) is 0 Å². The molecule has 0 unspecified atom stereocenters. The minimum Gasteiger partial charge on any atom is -0.307 e. The summed E-state index contributed by atoms with van der Waals surface area (Å²) >= 11 is 0. The highest BCUT2D eigenvalue weighted by Gasteiger charge is 2.21. The molecule has 0 radical (unpaired) electrons. The van der Waals surface area contributed by atoms with E-state index in [2.05, 4.69) is 19.9 Å². The number of ketones is 1. The van der Waals surface area contributed by atoms with Gasteiger partial charge in [-0.2, -0.15) is 0 Å².